The second-order valence-corrected chi connectivity index (χ2v) is 8.53. The van der Waals surface area contributed by atoms with E-state index in [-0.39, 0.29) is 25.0 Å². The van der Waals surface area contributed by atoms with Gasteiger partial charge in [0.05, 0.1) is 71.6 Å². The topological polar surface area (TPSA) is 87.3 Å². The average molecular weight is 467 g/mol. The zero-order valence-electron chi connectivity index (χ0n) is 21.0. The number of carbonyl (C=O) groups is 1. The van der Waals surface area contributed by atoms with Gasteiger partial charge in [0.1, 0.15) is 6.17 Å². The molecular weight excluding hydrogens is 419 g/mol. The van der Waals surface area contributed by atoms with E-state index in [4.69, 9.17) is 23.7 Å². The standard InChI is InChI=1S/C23H47FN2O6/c1-7-20(4)22(27)26-18-21(24)23(5,6)32-17-16-31-15-14-30-13-12-29-11-10-28-9-8-25-19(2)3/h19-21,25H,7-18H2,1-6H3,(H,26,27). The van der Waals surface area contributed by atoms with E-state index in [9.17, 15) is 9.18 Å². The molecular formula is C23H47FN2O6. The SMILES string of the molecule is CCC(C)C(=O)NCC(F)C(C)(C)OCCOCCOCCOCCOCCNC(C)C. The highest BCUT2D eigenvalue weighted by Crippen LogP contribution is 2.17. The summed E-state index contributed by atoms with van der Waals surface area (Å²) >= 11 is 0. The zero-order chi connectivity index (χ0) is 24.2. The maximum Gasteiger partial charge on any atom is 0.222 e. The van der Waals surface area contributed by atoms with Gasteiger partial charge in [-0.1, -0.05) is 27.7 Å². The zero-order valence-corrected chi connectivity index (χ0v) is 21.0. The van der Waals surface area contributed by atoms with Crippen LogP contribution in [0.2, 0.25) is 0 Å². The number of hydrogen-bond donors (Lipinski definition) is 2. The van der Waals surface area contributed by atoms with E-state index >= 15 is 0 Å². The summed E-state index contributed by atoms with van der Waals surface area (Å²) in [5.41, 5.74) is -1.01. The third-order valence-electron chi connectivity index (χ3n) is 4.89. The number of amides is 1. The van der Waals surface area contributed by atoms with Gasteiger partial charge in [0.15, 0.2) is 0 Å². The first-order chi connectivity index (χ1) is 15.2. The third-order valence-corrected chi connectivity index (χ3v) is 4.89. The van der Waals surface area contributed by atoms with Gasteiger partial charge in [-0.2, -0.15) is 0 Å². The monoisotopic (exact) mass is 466 g/mol. The van der Waals surface area contributed by atoms with Crippen LogP contribution in [-0.2, 0) is 28.5 Å². The Morgan fingerprint density at radius 3 is 1.78 bits per heavy atom. The second-order valence-electron chi connectivity index (χ2n) is 8.53. The molecule has 192 valence electrons. The molecule has 0 heterocycles. The number of carbonyl (C=O) groups excluding carboxylic acids is 1. The molecule has 0 aromatic heterocycles. The fourth-order valence-electron chi connectivity index (χ4n) is 2.43. The Hall–Kier alpha value is -0.840. The predicted octanol–water partition coefficient (Wildman–Crippen LogP) is 2.35. The average Bonchev–Trinajstić information content (AvgIpc) is 2.75. The molecule has 32 heavy (non-hydrogen) atoms. The third kappa shape index (κ3) is 17.7. The van der Waals surface area contributed by atoms with Crippen LogP contribution in [0.25, 0.3) is 0 Å². The van der Waals surface area contributed by atoms with Gasteiger partial charge in [0.2, 0.25) is 5.91 Å². The number of rotatable bonds is 22. The molecule has 2 unspecified atom stereocenters. The highest BCUT2D eigenvalue weighted by atomic mass is 19.1. The van der Waals surface area contributed by atoms with Crippen molar-refractivity contribution in [1.82, 2.24) is 10.6 Å². The molecule has 1 amide bonds. The minimum Gasteiger partial charge on any atom is -0.378 e. The van der Waals surface area contributed by atoms with Crippen LogP contribution in [0, 0.1) is 5.92 Å². The first kappa shape index (κ1) is 31.2. The number of hydrogen-bond acceptors (Lipinski definition) is 7. The predicted molar refractivity (Wildman–Crippen MR) is 124 cm³/mol. The maximum absolute atomic E-state index is 14.4. The van der Waals surface area contributed by atoms with Gasteiger partial charge in [-0.25, -0.2) is 4.39 Å². The molecule has 8 nitrogen and oxygen atoms in total. The molecule has 0 bridgehead atoms. The Labute approximate surface area is 194 Å². The lowest BCUT2D eigenvalue weighted by atomic mass is 10.0. The van der Waals surface area contributed by atoms with Gasteiger partial charge in [-0.15, -0.1) is 0 Å². The van der Waals surface area contributed by atoms with Crippen molar-refractivity contribution in [2.45, 2.75) is 65.8 Å². The van der Waals surface area contributed by atoms with E-state index in [1.165, 1.54) is 0 Å². The molecule has 0 saturated carbocycles. The highest BCUT2D eigenvalue weighted by molar-refractivity contribution is 5.78. The van der Waals surface area contributed by atoms with Crippen molar-refractivity contribution in [2.75, 3.05) is 72.6 Å². The molecule has 2 N–H and O–H groups in total. The van der Waals surface area contributed by atoms with Gasteiger partial charge in [-0.3, -0.25) is 4.79 Å². The van der Waals surface area contributed by atoms with Gasteiger partial charge in [0.25, 0.3) is 0 Å². The molecule has 0 radical (unpaired) electrons. The molecule has 0 rings (SSSR count). The number of halogens is 1. The molecule has 0 aliphatic heterocycles. The van der Waals surface area contributed by atoms with Crippen LogP contribution in [0.15, 0.2) is 0 Å². The normalized spacial score (nSPS) is 14.0. The first-order valence-electron chi connectivity index (χ1n) is 11.8. The lowest BCUT2D eigenvalue weighted by molar-refractivity contribution is -0.126. The minimum atomic E-state index is -1.30. The van der Waals surface area contributed by atoms with Crippen molar-refractivity contribution in [3.8, 4) is 0 Å². The summed E-state index contributed by atoms with van der Waals surface area (Å²) in [4.78, 5) is 11.8. The smallest absolute Gasteiger partial charge is 0.222 e. The molecule has 9 heteroatoms. The molecule has 0 aromatic carbocycles. The molecule has 0 saturated heterocycles. The quantitative estimate of drug-likeness (QED) is 0.237. The summed E-state index contributed by atoms with van der Waals surface area (Å²) in [5, 5.41) is 5.91. The number of ether oxygens (including phenoxy) is 5. The van der Waals surface area contributed by atoms with E-state index in [1.54, 1.807) is 13.8 Å². The summed E-state index contributed by atoms with van der Waals surface area (Å²) in [6.07, 6.45) is -0.580. The number of alkyl halides is 1. The fourth-order valence-corrected chi connectivity index (χ4v) is 2.43. The van der Waals surface area contributed by atoms with E-state index in [0.29, 0.717) is 58.9 Å². The lowest BCUT2D eigenvalue weighted by Gasteiger charge is -2.29. The Kier molecular flexibility index (Phi) is 19.1. The molecule has 2 atom stereocenters. The van der Waals surface area contributed by atoms with Crippen LogP contribution in [-0.4, -0.2) is 96.3 Å². The van der Waals surface area contributed by atoms with E-state index in [1.807, 2.05) is 13.8 Å². The van der Waals surface area contributed by atoms with Crippen LogP contribution in [0.5, 0.6) is 0 Å². The minimum absolute atomic E-state index is 0.0611. The maximum atomic E-state index is 14.4. The van der Waals surface area contributed by atoms with Crippen LogP contribution in [0.1, 0.15) is 48.0 Å². The van der Waals surface area contributed by atoms with Gasteiger partial charge >= 0.3 is 0 Å². The molecule has 0 aromatic rings. The Morgan fingerprint density at radius 2 is 1.31 bits per heavy atom. The Bertz CT molecular complexity index is 454. The first-order valence-corrected chi connectivity index (χ1v) is 11.8. The molecule has 0 aliphatic rings. The number of nitrogens with one attached hydrogen (secondary N) is 2. The summed E-state index contributed by atoms with van der Waals surface area (Å²) in [6.45, 7) is 16.4. The van der Waals surface area contributed by atoms with Crippen molar-refractivity contribution >= 4 is 5.91 Å². The second kappa shape index (κ2) is 19.6. The van der Waals surface area contributed by atoms with E-state index in [2.05, 4.69) is 24.5 Å². The van der Waals surface area contributed by atoms with Crippen LogP contribution >= 0.6 is 0 Å². The van der Waals surface area contributed by atoms with Crippen molar-refractivity contribution in [3.05, 3.63) is 0 Å². The summed E-state index contributed by atoms with van der Waals surface area (Å²) in [6, 6.07) is 0.470. The van der Waals surface area contributed by atoms with Crippen molar-refractivity contribution < 1.29 is 32.9 Å². The molecule has 0 fully saturated rings. The van der Waals surface area contributed by atoms with Crippen molar-refractivity contribution in [2.24, 2.45) is 5.92 Å². The van der Waals surface area contributed by atoms with Gasteiger partial charge in [-0.05, 0) is 20.3 Å². The summed E-state index contributed by atoms with van der Waals surface area (Å²) in [7, 11) is 0. The highest BCUT2D eigenvalue weighted by Gasteiger charge is 2.31. The molecule has 0 aliphatic carbocycles. The van der Waals surface area contributed by atoms with Crippen LogP contribution in [0.3, 0.4) is 0 Å². The van der Waals surface area contributed by atoms with Crippen LogP contribution < -0.4 is 10.6 Å². The Balaban J connectivity index is 3.50. The van der Waals surface area contributed by atoms with E-state index in [0.717, 1.165) is 13.0 Å². The van der Waals surface area contributed by atoms with Crippen molar-refractivity contribution in [1.29, 1.82) is 0 Å². The molecule has 0 spiro atoms. The fraction of sp³-hybridized carbons (Fsp3) is 0.957. The lowest BCUT2D eigenvalue weighted by Crippen LogP contribution is -2.45. The Morgan fingerprint density at radius 1 is 0.844 bits per heavy atom. The van der Waals surface area contributed by atoms with Crippen molar-refractivity contribution in [3.63, 3.8) is 0 Å². The largest absolute Gasteiger partial charge is 0.378 e. The van der Waals surface area contributed by atoms with Gasteiger partial charge in [0, 0.05) is 18.5 Å². The van der Waals surface area contributed by atoms with Crippen LogP contribution in [0.4, 0.5) is 4.39 Å². The summed E-state index contributed by atoms with van der Waals surface area (Å²) < 4.78 is 41.7. The summed E-state index contributed by atoms with van der Waals surface area (Å²) in [5.74, 6) is -0.257. The van der Waals surface area contributed by atoms with Gasteiger partial charge < -0.3 is 34.3 Å². The van der Waals surface area contributed by atoms with E-state index < -0.39 is 11.8 Å².